The standard InChI is InChI=1S/C14H19N3O4S/c1-22(19,20)17-7-8-21-13-4-6-16(10-12(13)17)14(18)11-3-2-5-15-9-11/h2-3,5,9,12-13H,4,6-8,10H2,1H3/t12-,13-/m1/s1. The van der Waals surface area contributed by atoms with E-state index in [4.69, 9.17) is 4.74 Å². The van der Waals surface area contributed by atoms with Gasteiger partial charge in [0.05, 0.1) is 30.6 Å². The van der Waals surface area contributed by atoms with Gasteiger partial charge in [-0.15, -0.1) is 0 Å². The van der Waals surface area contributed by atoms with Gasteiger partial charge in [-0.05, 0) is 18.6 Å². The van der Waals surface area contributed by atoms with Gasteiger partial charge in [-0.1, -0.05) is 0 Å². The van der Waals surface area contributed by atoms with Crippen molar-refractivity contribution in [2.45, 2.75) is 18.6 Å². The number of pyridine rings is 1. The summed E-state index contributed by atoms with van der Waals surface area (Å²) >= 11 is 0. The third-order valence-electron chi connectivity index (χ3n) is 4.16. The van der Waals surface area contributed by atoms with Gasteiger partial charge in [-0.2, -0.15) is 4.31 Å². The highest BCUT2D eigenvalue weighted by Crippen LogP contribution is 2.25. The van der Waals surface area contributed by atoms with E-state index >= 15 is 0 Å². The third kappa shape index (κ3) is 2.99. The maximum absolute atomic E-state index is 12.5. The van der Waals surface area contributed by atoms with Crippen molar-refractivity contribution in [1.82, 2.24) is 14.2 Å². The molecule has 3 heterocycles. The fraction of sp³-hybridized carbons (Fsp3) is 0.571. The molecule has 2 aliphatic heterocycles. The van der Waals surface area contributed by atoms with Gasteiger partial charge in [-0.25, -0.2) is 8.42 Å². The lowest BCUT2D eigenvalue weighted by Gasteiger charge is -2.45. The Hall–Kier alpha value is -1.51. The van der Waals surface area contributed by atoms with Gasteiger partial charge in [0, 0.05) is 32.0 Å². The highest BCUT2D eigenvalue weighted by atomic mass is 32.2. The first-order valence-corrected chi connectivity index (χ1v) is 9.09. The molecule has 8 heteroatoms. The first kappa shape index (κ1) is 15.4. The fourth-order valence-electron chi connectivity index (χ4n) is 3.11. The fourth-order valence-corrected chi connectivity index (χ4v) is 4.21. The summed E-state index contributed by atoms with van der Waals surface area (Å²) in [5.74, 6) is -0.120. The lowest BCUT2D eigenvalue weighted by molar-refractivity contribution is -0.0704. The minimum absolute atomic E-state index is 0.120. The molecule has 1 aromatic rings. The number of morpholine rings is 1. The zero-order valence-electron chi connectivity index (χ0n) is 12.4. The number of piperidine rings is 1. The molecule has 0 bridgehead atoms. The van der Waals surface area contributed by atoms with Crippen LogP contribution in [-0.4, -0.2) is 73.2 Å². The number of ether oxygens (including phenoxy) is 1. The molecule has 0 N–H and O–H groups in total. The topological polar surface area (TPSA) is 79.8 Å². The molecule has 22 heavy (non-hydrogen) atoms. The quantitative estimate of drug-likeness (QED) is 0.762. The predicted molar refractivity (Wildman–Crippen MR) is 79.8 cm³/mol. The summed E-state index contributed by atoms with van der Waals surface area (Å²) in [5.41, 5.74) is 0.517. The number of likely N-dealkylation sites (tertiary alicyclic amines) is 1. The summed E-state index contributed by atoms with van der Waals surface area (Å²) in [7, 11) is -3.31. The van der Waals surface area contributed by atoms with Crippen molar-refractivity contribution in [2.75, 3.05) is 32.5 Å². The highest BCUT2D eigenvalue weighted by Gasteiger charge is 2.42. The average molecular weight is 325 g/mol. The molecule has 2 atom stereocenters. The molecule has 1 aromatic heterocycles. The summed E-state index contributed by atoms with van der Waals surface area (Å²) in [4.78, 5) is 18.2. The number of carbonyl (C=O) groups excluding carboxylic acids is 1. The van der Waals surface area contributed by atoms with E-state index in [2.05, 4.69) is 4.98 Å². The average Bonchev–Trinajstić information content (AvgIpc) is 2.53. The number of rotatable bonds is 2. The van der Waals surface area contributed by atoms with Crippen molar-refractivity contribution in [3.8, 4) is 0 Å². The van der Waals surface area contributed by atoms with E-state index in [0.717, 1.165) is 0 Å². The van der Waals surface area contributed by atoms with Crippen LogP contribution in [0.3, 0.4) is 0 Å². The van der Waals surface area contributed by atoms with Crippen LogP contribution in [0.5, 0.6) is 0 Å². The molecule has 120 valence electrons. The Labute approximate surface area is 129 Å². The summed E-state index contributed by atoms with van der Waals surface area (Å²) in [6, 6.07) is 3.12. The summed E-state index contributed by atoms with van der Waals surface area (Å²) in [6.45, 7) is 1.66. The van der Waals surface area contributed by atoms with Crippen molar-refractivity contribution in [3.63, 3.8) is 0 Å². The van der Waals surface area contributed by atoms with Crippen LogP contribution in [0.1, 0.15) is 16.8 Å². The van der Waals surface area contributed by atoms with Crippen LogP contribution in [0.4, 0.5) is 0 Å². The van der Waals surface area contributed by atoms with Crippen LogP contribution in [0.15, 0.2) is 24.5 Å². The Bertz CT molecular complexity index is 649. The lowest BCUT2D eigenvalue weighted by atomic mass is 10.00. The molecule has 0 spiro atoms. The minimum atomic E-state index is -3.31. The van der Waals surface area contributed by atoms with E-state index in [1.54, 1.807) is 23.2 Å². The normalized spacial score (nSPS) is 26.5. The van der Waals surface area contributed by atoms with Crippen molar-refractivity contribution in [1.29, 1.82) is 0 Å². The molecule has 2 fully saturated rings. The van der Waals surface area contributed by atoms with Gasteiger partial charge in [0.15, 0.2) is 0 Å². The second-order valence-corrected chi connectivity index (χ2v) is 7.57. The van der Waals surface area contributed by atoms with Crippen LogP contribution in [-0.2, 0) is 14.8 Å². The number of aromatic nitrogens is 1. The zero-order valence-corrected chi connectivity index (χ0v) is 13.2. The molecular weight excluding hydrogens is 306 g/mol. The van der Waals surface area contributed by atoms with Gasteiger partial charge in [-0.3, -0.25) is 9.78 Å². The molecule has 0 radical (unpaired) electrons. The van der Waals surface area contributed by atoms with Crippen LogP contribution in [0.25, 0.3) is 0 Å². The lowest BCUT2D eigenvalue weighted by Crippen LogP contribution is -2.61. The number of amides is 1. The van der Waals surface area contributed by atoms with Crippen LogP contribution in [0, 0.1) is 0 Å². The molecule has 0 unspecified atom stereocenters. The van der Waals surface area contributed by atoms with E-state index in [1.165, 1.54) is 16.8 Å². The molecule has 1 amide bonds. The molecule has 2 saturated heterocycles. The van der Waals surface area contributed by atoms with Gasteiger partial charge in [0.2, 0.25) is 10.0 Å². The molecule has 0 saturated carbocycles. The largest absolute Gasteiger partial charge is 0.375 e. The SMILES string of the molecule is CS(=O)(=O)N1CCO[C@@H]2CCN(C(=O)c3cccnc3)C[C@H]21. The van der Waals surface area contributed by atoms with E-state index in [9.17, 15) is 13.2 Å². The monoisotopic (exact) mass is 325 g/mol. The molecule has 0 aliphatic carbocycles. The number of carbonyl (C=O) groups is 1. The van der Waals surface area contributed by atoms with E-state index in [0.29, 0.717) is 38.2 Å². The Balaban J connectivity index is 1.79. The first-order valence-electron chi connectivity index (χ1n) is 7.24. The molecular formula is C14H19N3O4S. The Morgan fingerprint density at radius 3 is 2.91 bits per heavy atom. The highest BCUT2D eigenvalue weighted by molar-refractivity contribution is 7.88. The van der Waals surface area contributed by atoms with Crippen molar-refractivity contribution in [3.05, 3.63) is 30.1 Å². The number of sulfonamides is 1. The van der Waals surface area contributed by atoms with Gasteiger partial charge in [0.25, 0.3) is 5.91 Å². The van der Waals surface area contributed by atoms with Crippen LogP contribution < -0.4 is 0 Å². The second-order valence-electron chi connectivity index (χ2n) is 5.63. The zero-order chi connectivity index (χ0) is 15.7. The summed E-state index contributed by atoms with van der Waals surface area (Å²) in [5, 5.41) is 0. The summed E-state index contributed by atoms with van der Waals surface area (Å²) < 4.78 is 31.0. The predicted octanol–water partition coefficient (Wildman–Crippen LogP) is -0.0435. The number of hydrogen-bond donors (Lipinski definition) is 0. The molecule has 3 rings (SSSR count). The maximum Gasteiger partial charge on any atom is 0.255 e. The number of fused-ring (bicyclic) bond motifs is 1. The molecule has 7 nitrogen and oxygen atoms in total. The van der Waals surface area contributed by atoms with Crippen molar-refractivity contribution in [2.24, 2.45) is 0 Å². The van der Waals surface area contributed by atoms with Crippen molar-refractivity contribution >= 4 is 15.9 Å². The molecule has 2 aliphatic rings. The summed E-state index contributed by atoms with van der Waals surface area (Å²) in [6.07, 6.45) is 4.85. The van der Waals surface area contributed by atoms with Crippen LogP contribution >= 0.6 is 0 Å². The van der Waals surface area contributed by atoms with Crippen molar-refractivity contribution < 1.29 is 17.9 Å². The van der Waals surface area contributed by atoms with Crippen LogP contribution in [0.2, 0.25) is 0 Å². The minimum Gasteiger partial charge on any atom is -0.375 e. The Kier molecular flexibility index (Phi) is 4.16. The third-order valence-corrected chi connectivity index (χ3v) is 5.46. The number of nitrogens with zero attached hydrogens (tertiary/aromatic N) is 3. The smallest absolute Gasteiger partial charge is 0.255 e. The maximum atomic E-state index is 12.5. The van der Waals surface area contributed by atoms with Gasteiger partial charge >= 0.3 is 0 Å². The van der Waals surface area contributed by atoms with E-state index < -0.39 is 10.0 Å². The van der Waals surface area contributed by atoms with Gasteiger partial charge < -0.3 is 9.64 Å². The Morgan fingerprint density at radius 1 is 1.41 bits per heavy atom. The molecule has 0 aromatic carbocycles. The van der Waals surface area contributed by atoms with E-state index in [-0.39, 0.29) is 18.1 Å². The first-order chi connectivity index (χ1) is 10.5. The van der Waals surface area contributed by atoms with Gasteiger partial charge in [0.1, 0.15) is 0 Å². The number of hydrogen-bond acceptors (Lipinski definition) is 5. The Morgan fingerprint density at radius 2 is 2.23 bits per heavy atom. The second kappa shape index (κ2) is 5.94. The van der Waals surface area contributed by atoms with E-state index in [1.807, 2.05) is 0 Å².